The predicted octanol–water partition coefficient (Wildman–Crippen LogP) is 5.87. The molecule has 5 nitrogen and oxygen atoms in total. The van der Waals surface area contributed by atoms with E-state index in [1.165, 1.54) is 16.7 Å². The first-order valence-electron chi connectivity index (χ1n) is 11.6. The first kappa shape index (κ1) is 25.0. The molecule has 1 amide bonds. The van der Waals surface area contributed by atoms with Crippen LogP contribution in [0.2, 0.25) is 0 Å². The summed E-state index contributed by atoms with van der Waals surface area (Å²) in [5.74, 6) is -0.340. The number of nitrogens with one attached hydrogen (secondary N) is 1. The Morgan fingerprint density at radius 3 is 2.00 bits per heavy atom. The molecule has 0 saturated heterocycles. The summed E-state index contributed by atoms with van der Waals surface area (Å²) in [6, 6.07) is 24.3. The number of carboxylic acid groups (broad SMARTS) is 1. The molecule has 178 valence electrons. The highest BCUT2D eigenvalue weighted by molar-refractivity contribution is 5.94. The van der Waals surface area contributed by atoms with Crippen LogP contribution in [0.15, 0.2) is 72.8 Å². The van der Waals surface area contributed by atoms with Crippen LogP contribution in [0.5, 0.6) is 5.75 Å². The molecule has 0 aliphatic carbocycles. The zero-order valence-electron chi connectivity index (χ0n) is 20.1. The summed E-state index contributed by atoms with van der Waals surface area (Å²) in [4.78, 5) is 22.5. The van der Waals surface area contributed by atoms with Gasteiger partial charge in [-0.05, 0) is 64.8 Å². The molecule has 0 aromatic heterocycles. The maximum atomic E-state index is 12.0. The van der Waals surface area contributed by atoms with Gasteiger partial charge in [0.1, 0.15) is 5.75 Å². The van der Waals surface area contributed by atoms with Gasteiger partial charge in [-0.2, -0.15) is 0 Å². The second kappa shape index (κ2) is 11.5. The summed E-state index contributed by atoms with van der Waals surface area (Å²) in [5.41, 5.74) is 5.48. The fourth-order valence-electron chi connectivity index (χ4n) is 3.58. The largest absolute Gasteiger partial charge is 0.494 e. The average molecular weight is 460 g/mol. The van der Waals surface area contributed by atoms with Crippen molar-refractivity contribution in [3.8, 4) is 16.9 Å². The number of hydrogen-bond acceptors (Lipinski definition) is 3. The number of aryl methyl sites for hydroxylation is 1. The molecule has 0 spiro atoms. The van der Waals surface area contributed by atoms with Crippen molar-refractivity contribution in [2.75, 3.05) is 13.2 Å². The SMILES string of the molecule is CC(C)(C)c1ccc(-c2ccc(OCCCc3ccc(C(=O)NCCC(=O)O)cc3)cc2)cc1. The number of rotatable bonds is 10. The molecule has 0 fully saturated rings. The minimum absolute atomic E-state index is 0.0862. The second-order valence-corrected chi connectivity index (χ2v) is 9.40. The maximum Gasteiger partial charge on any atom is 0.305 e. The van der Waals surface area contributed by atoms with Crippen molar-refractivity contribution >= 4 is 11.9 Å². The lowest BCUT2D eigenvalue weighted by atomic mass is 9.86. The van der Waals surface area contributed by atoms with E-state index in [1.54, 1.807) is 12.1 Å². The molecule has 0 atom stereocenters. The van der Waals surface area contributed by atoms with Crippen LogP contribution in [-0.4, -0.2) is 30.1 Å². The molecule has 0 aliphatic rings. The Labute approximate surface area is 201 Å². The van der Waals surface area contributed by atoms with Crippen LogP contribution < -0.4 is 10.1 Å². The summed E-state index contributed by atoms with van der Waals surface area (Å²) in [6.45, 7) is 7.38. The van der Waals surface area contributed by atoms with Gasteiger partial charge in [0, 0.05) is 12.1 Å². The summed E-state index contributed by atoms with van der Waals surface area (Å²) >= 11 is 0. The van der Waals surface area contributed by atoms with Crippen LogP contribution in [0.25, 0.3) is 11.1 Å². The van der Waals surface area contributed by atoms with Gasteiger partial charge < -0.3 is 15.2 Å². The zero-order chi connectivity index (χ0) is 24.6. The Balaban J connectivity index is 1.42. The number of benzene rings is 3. The van der Waals surface area contributed by atoms with Crippen molar-refractivity contribution in [2.24, 2.45) is 0 Å². The van der Waals surface area contributed by atoms with Crippen LogP contribution in [0, 0.1) is 0 Å². The third-order valence-electron chi connectivity index (χ3n) is 5.66. The molecule has 5 heteroatoms. The Bertz CT molecular complexity index is 1080. The number of carbonyl (C=O) groups is 2. The number of carboxylic acids is 1. The van der Waals surface area contributed by atoms with Crippen LogP contribution in [0.3, 0.4) is 0 Å². The Kier molecular flexibility index (Phi) is 8.47. The van der Waals surface area contributed by atoms with Crippen molar-refractivity contribution < 1.29 is 19.4 Å². The Morgan fingerprint density at radius 1 is 0.853 bits per heavy atom. The van der Waals surface area contributed by atoms with Gasteiger partial charge in [0.05, 0.1) is 13.0 Å². The van der Waals surface area contributed by atoms with Crippen molar-refractivity contribution in [1.82, 2.24) is 5.32 Å². The highest BCUT2D eigenvalue weighted by atomic mass is 16.5. The summed E-state index contributed by atoms with van der Waals surface area (Å²) in [5, 5.41) is 11.2. The van der Waals surface area contributed by atoms with E-state index in [9.17, 15) is 9.59 Å². The van der Waals surface area contributed by atoms with Crippen molar-refractivity contribution in [1.29, 1.82) is 0 Å². The average Bonchev–Trinajstić information content (AvgIpc) is 2.82. The normalized spacial score (nSPS) is 11.1. The second-order valence-electron chi connectivity index (χ2n) is 9.40. The van der Waals surface area contributed by atoms with Crippen molar-refractivity contribution in [3.63, 3.8) is 0 Å². The van der Waals surface area contributed by atoms with Crippen molar-refractivity contribution in [2.45, 2.75) is 45.4 Å². The highest BCUT2D eigenvalue weighted by Crippen LogP contribution is 2.27. The minimum Gasteiger partial charge on any atom is -0.494 e. The lowest BCUT2D eigenvalue weighted by Crippen LogP contribution is -2.25. The van der Waals surface area contributed by atoms with E-state index in [2.05, 4.69) is 62.5 Å². The molecule has 3 aromatic carbocycles. The van der Waals surface area contributed by atoms with E-state index >= 15 is 0 Å². The first-order valence-corrected chi connectivity index (χ1v) is 11.6. The summed E-state index contributed by atoms with van der Waals surface area (Å²) < 4.78 is 5.90. The van der Waals surface area contributed by atoms with Crippen LogP contribution >= 0.6 is 0 Å². The third kappa shape index (κ3) is 7.48. The van der Waals surface area contributed by atoms with Gasteiger partial charge in [0.25, 0.3) is 5.91 Å². The molecule has 0 radical (unpaired) electrons. The molecule has 2 N–H and O–H groups in total. The van der Waals surface area contributed by atoms with E-state index in [4.69, 9.17) is 9.84 Å². The molecule has 0 aliphatic heterocycles. The Morgan fingerprint density at radius 2 is 1.44 bits per heavy atom. The molecular weight excluding hydrogens is 426 g/mol. The number of amides is 1. The van der Waals surface area contributed by atoms with E-state index in [0.717, 1.165) is 24.2 Å². The molecular formula is C29H33NO4. The molecule has 34 heavy (non-hydrogen) atoms. The van der Waals surface area contributed by atoms with Gasteiger partial charge in [-0.15, -0.1) is 0 Å². The smallest absolute Gasteiger partial charge is 0.305 e. The molecule has 0 heterocycles. The molecule has 3 aromatic rings. The number of aliphatic carboxylic acids is 1. The van der Waals surface area contributed by atoms with E-state index in [-0.39, 0.29) is 24.3 Å². The van der Waals surface area contributed by atoms with E-state index < -0.39 is 5.97 Å². The van der Waals surface area contributed by atoms with Gasteiger partial charge in [-0.25, -0.2) is 0 Å². The summed E-state index contributed by atoms with van der Waals surface area (Å²) in [6.07, 6.45) is 1.62. The maximum absolute atomic E-state index is 12.0. The first-order chi connectivity index (χ1) is 16.2. The van der Waals surface area contributed by atoms with Gasteiger partial charge in [0.2, 0.25) is 0 Å². The van der Waals surface area contributed by atoms with Crippen LogP contribution in [-0.2, 0) is 16.6 Å². The summed E-state index contributed by atoms with van der Waals surface area (Å²) in [7, 11) is 0. The standard InChI is InChI=1S/C29H33NO4/c1-29(2,3)25-14-10-22(11-15-25)23-12-16-26(17-13-23)34-20-4-5-21-6-8-24(9-7-21)28(33)30-19-18-27(31)32/h6-17H,4-5,18-20H2,1-3H3,(H,30,33)(H,31,32). The molecule has 0 bridgehead atoms. The molecule has 0 saturated carbocycles. The highest BCUT2D eigenvalue weighted by Gasteiger charge is 2.13. The Hall–Kier alpha value is -3.60. The topological polar surface area (TPSA) is 75.6 Å². The number of hydrogen-bond donors (Lipinski definition) is 2. The van der Waals surface area contributed by atoms with Gasteiger partial charge in [0.15, 0.2) is 0 Å². The predicted molar refractivity (Wildman–Crippen MR) is 135 cm³/mol. The van der Waals surface area contributed by atoms with E-state index in [0.29, 0.717) is 12.2 Å². The molecule has 0 unspecified atom stereocenters. The fraction of sp³-hybridized carbons (Fsp3) is 0.310. The number of carbonyl (C=O) groups excluding carboxylic acids is 1. The third-order valence-corrected chi connectivity index (χ3v) is 5.66. The van der Waals surface area contributed by atoms with Crippen LogP contribution in [0.1, 0.15) is 55.1 Å². The van der Waals surface area contributed by atoms with Gasteiger partial charge in [-0.1, -0.05) is 69.3 Å². The zero-order valence-corrected chi connectivity index (χ0v) is 20.1. The monoisotopic (exact) mass is 459 g/mol. The number of ether oxygens (including phenoxy) is 1. The lowest BCUT2D eigenvalue weighted by Gasteiger charge is -2.19. The van der Waals surface area contributed by atoms with Crippen LogP contribution in [0.4, 0.5) is 0 Å². The minimum atomic E-state index is -0.931. The molecule has 3 rings (SSSR count). The van der Waals surface area contributed by atoms with E-state index in [1.807, 2.05) is 24.3 Å². The van der Waals surface area contributed by atoms with Gasteiger partial charge in [-0.3, -0.25) is 9.59 Å². The lowest BCUT2D eigenvalue weighted by molar-refractivity contribution is -0.136. The van der Waals surface area contributed by atoms with Gasteiger partial charge >= 0.3 is 5.97 Å². The van der Waals surface area contributed by atoms with Crippen molar-refractivity contribution in [3.05, 3.63) is 89.5 Å². The quantitative estimate of drug-likeness (QED) is 0.372. The fourth-order valence-corrected chi connectivity index (χ4v) is 3.58.